The monoisotopic (exact) mass is 276 g/mol. The lowest BCUT2D eigenvalue weighted by molar-refractivity contribution is 0.718. The fourth-order valence-electron chi connectivity index (χ4n) is 2.25. The molecule has 104 valence electrons. The number of nitrogens with zero attached hydrogens (tertiary/aromatic N) is 3. The fraction of sp³-hybridized carbons (Fsp3) is 0.118. The molecule has 4 heteroatoms. The van der Waals surface area contributed by atoms with Crippen molar-refractivity contribution in [2.45, 2.75) is 12.5 Å². The Morgan fingerprint density at radius 1 is 0.857 bits per heavy atom. The number of benzene rings is 1. The molecular formula is C17H16N4. The van der Waals surface area contributed by atoms with Gasteiger partial charge in [0.25, 0.3) is 0 Å². The first kappa shape index (κ1) is 13.4. The molecule has 2 N–H and O–H groups in total. The number of pyridine rings is 1. The smallest absolute Gasteiger partial charge is 0.115 e. The SMILES string of the molecule is NC(Cc1ccc(-c2cncnc2)cc1)c1cccnc1. The summed E-state index contributed by atoms with van der Waals surface area (Å²) in [7, 11) is 0. The second-order valence-electron chi connectivity index (χ2n) is 4.92. The predicted octanol–water partition coefficient (Wildman–Crippen LogP) is 2.78. The van der Waals surface area contributed by atoms with Crippen LogP contribution in [-0.2, 0) is 6.42 Å². The quantitative estimate of drug-likeness (QED) is 0.795. The summed E-state index contributed by atoms with van der Waals surface area (Å²) in [4.78, 5) is 12.2. The van der Waals surface area contributed by atoms with Gasteiger partial charge < -0.3 is 5.73 Å². The Hall–Kier alpha value is -2.59. The second-order valence-corrected chi connectivity index (χ2v) is 4.92. The van der Waals surface area contributed by atoms with E-state index >= 15 is 0 Å². The Morgan fingerprint density at radius 3 is 2.29 bits per heavy atom. The first-order valence-electron chi connectivity index (χ1n) is 6.83. The highest BCUT2D eigenvalue weighted by molar-refractivity contribution is 5.61. The van der Waals surface area contributed by atoms with E-state index in [1.165, 1.54) is 11.9 Å². The molecule has 2 aromatic heterocycles. The highest BCUT2D eigenvalue weighted by atomic mass is 14.8. The van der Waals surface area contributed by atoms with Gasteiger partial charge in [-0.2, -0.15) is 0 Å². The molecule has 0 saturated carbocycles. The van der Waals surface area contributed by atoms with Crippen molar-refractivity contribution >= 4 is 0 Å². The summed E-state index contributed by atoms with van der Waals surface area (Å²) in [6.45, 7) is 0. The van der Waals surface area contributed by atoms with Crippen molar-refractivity contribution in [3.63, 3.8) is 0 Å². The van der Waals surface area contributed by atoms with Crippen LogP contribution in [0.4, 0.5) is 0 Å². The van der Waals surface area contributed by atoms with Crippen molar-refractivity contribution in [2.75, 3.05) is 0 Å². The molecule has 1 unspecified atom stereocenters. The Kier molecular flexibility index (Phi) is 3.98. The van der Waals surface area contributed by atoms with Gasteiger partial charge in [0.05, 0.1) is 0 Å². The van der Waals surface area contributed by atoms with Gasteiger partial charge in [0.15, 0.2) is 0 Å². The largest absolute Gasteiger partial charge is 0.324 e. The first-order valence-corrected chi connectivity index (χ1v) is 6.83. The van der Waals surface area contributed by atoms with Crippen molar-refractivity contribution < 1.29 is 0 Å². The molecular weight excluding hydrogens is 260 g/mol. The lowest BCUT2D eigenvalue weighted by Gasteiger charge is -2.12. The van der Waals surface area contributed by atoms with E-state index in [0.717, 1.165) is 23.1 Å². The molecule has 0 radical (unpaired) electrons. The van der Waals surface area contributed by atoms with Gasteiger partial charge in [-0.1, -0.05) is 30.3 Å². The lowest BCUT2D eigenvalue weighted by atomic mass is 9.99. The van der Waals surface area contributed by atoms with Crippen LogP contribution < -0.4 is 5.73 Å². The molecule has 0 spiro atoms. The summed E-state index contributed by atoms with van der Waals surface area (Å²) in [5, 5.41) is 0. The van der Waals surface area contributed by atoms with Crippen LogP contribution in [0.2, 0.25) is 0 Å². The number of hydrogen-bond donors (Lipinski definition) is 1. The molecule has 0 fully saturated rings. The van der Waals surface area contributed by atoms with Gasteiger partial charge in [-0.15, -0.1) is 0 Å². The second kappa shape index (κ2) is 6.24. The maximum absolute atomic E-state index is 6.22. The van der Waals surface area contributed by atoms with E-state index in [0.29, 0.717) is 0 Å². The average Bonchev–Trinajstić information content (AvgIpc) is 2.57. The van der Waals surface area contributed by atoms with E-state index in [1.54, 1.807) is 6.20 Å². The van der Waals surface area contributed by atoms with Crippen molar-refractivity contribution in [3.8, 4) is 11.1 Å². The summed E-state index contributed by atoms with van der Waals surface area (Å²) < 4.78 is 0. The zero-order valence-electron chi connectivity index (χ0n) is 11.6. The van der Waals surface area contributed by atoms with Gasteiger partial charge in [-0.25, -0.2) is 9.97 Å². The van der Waals surface area contributed by atoms with Gasteiger partial charge >= 0.3 is 0 Å². The minimum absolute atomic E-state index is 0.0374. The lowest BCUT2D eigenvalue weighted by Crippen LogP contribution is -2.13. The normalized spacial score (nSPS) is 12.0. The predicted molar refractivity (Wildman–Crippen MR) is 82.3 cm³/mol. The minimum Gasteiger partial charge on any atom is -0.324 e. The van der Waals surface area contributed by atoms with Gasteiger partial charge in [0.1, 0.15) is 6.33 Å². The Bertz CT molecular complexity index is 681. The molecule has 0 bridgehead atoms. The number of aromatic nitrogens is 3. The molecule has 0 aliphatic heterocycles. The third-order valence-corrected chi connectivity index (χ3v) is 3.42. The van der Waals surface area contributed by atoms with Gasteiger partial charge in [-0.05, 0) is 29.2 Å². The molecule has 1 atom stereocenters. The standard InChI is InChI=1S/C17H16N4/c18-17(15-2-1-7-19-9-15)8-13-3-5-14(6-4-13)16-10-20-12-21-11-16/h1-7,9-12,17H,8,18H2. The summed E-state index contributed by atoms with van der Waals surface area (Å²) in [5.41, 5.74) is 10.6. The molecule has 0 amide bonds. The Morgan fingerprint density at radius 2 is 1.62 bits per heavy atom. The first-order chi connectivity index (χ1) is 10.3. The van der Waals surface area contributed by atoms with Crippen LogP contribution in [0, 0.1) is 0 Å². The van der Waals surface area contributed by atoms with E-state index < -0.39 is 0 Å². The summed E-state index contributed by atoms with van der Waals surface area (Å²) in [6, 6.07) is 12.2. The van der Waals surface area contributed by atoms with Crippen LogP contribution in [0.25, 0.3) is 11.1 Å². The number of nitrogens with two attached hydrogens (primary N) is 1. The van der Waals surface area contributed by atoms with Crippen LogP contribution >= 0.6 is 0 Å². The van der Waals surface area contributed by atoms with Gasteiger partial charge in [-0.3, -0.25) is 4.98 Å². The van der Waals surface area contributed by atoms with Crippen molar-refractivity contribution in [2.24, 2.45) is 5.73 Å². The fourth-order valence-corrected chi connectivity index (χ4v) is 2.25. The molecule has 1 aromatic carbocycles. The van der Waals surface area contributed by atoms with E-state index in [1.807, 2.05) is 30.7 Å². The van der Waals surface area contributed by atoms with Crippen LogP contribution in [-0.4, -0.2) is 15.0 Å². The Labute approximate surface area is 123 Å². The Balaban J connectivity index is 1.73. The van der Waals surface area contributed by atoms with Crippen LogP contribution in [0.5, 0.6) is 0 Å². The molecule has 0 saturated heterocycles. The summed E-state index contributed by atoms with van der Waals surface area (Å²) >= 11 is 0. The van der Waals surface area contributed by atoms with Gasteiger partial charge in [0.2, 0.25) is 0 Å². The zero-order valence-corrected chi connectivity index (χ0v) is 11.6. The molecule has 3 rings (SSSR count). The highest BCUT2D eigenvalue weighted by Crippen LogP contribution is 2.20. The maximum Gasteiger partial charge on any atom is 0.115 e. The van der Waals surface area contributed by atoms with Gasteiger partial charge in [0, 0.05) is 36.4 Å². The van der Waals surface area contributed by atoms with Crippen molar-refractivity contribution in [3.05, 3.63) is 78.6 Å². The van der Waals surface area contributed by atoms with Crippen LogP contribution in [0.3, 0.4) is 0 Å². The van der Waals surface area contributed by atoms with Crippen LogP contribution in [0.1, 0.15) is 17.2 Å². The summed E-state index contributed by atoms with van der Waals surface area (Å²) in [6.07, 6.45) is 9.52. The van der Waals surface area contributed by atoms with Crippen molar-refractivity contribution in [1.29, 1.82) is 0 Å². The van der Waals surface area contributed by atoms with E-state index in [9.17, 15) is 0 Å². The van der Waals surface area contributed by atoms with Crippen molar-refractivity contribution in [1.82, 2.24) is 15.0 Å². The highest BCUT2D eigenvalue weighted by Gasteiger charge is 2.07. The number of rotatable bonds is 4. The summed E-state index contributed by atoms with van der Waals surface area (Å²) in [5.74, 6) is 0. The van der Waals surface area contributed by atoms with Crippen LogP contribution in [0.15, 0.2) is 67.5 Å². The van der Waals surface area contributed by atoms with E-state index in [2.05, 4.69) is 39.2 Å². The molecule has 3 aromatic rings. The third-order valence-electron chi connectivity index (χ3n) is 3.42. The maximum atomic E-state index is 6.22. The minimum atomic E-state index is -0.0374. The zero-order chi connectivity index (χ0) is 14.5. The average molecular weight is 276 g/mol. The van der Waals surface area contributed by atoms with E-state index in [4.69, 9.17) is 5.73 Å². The molecule has 0 aliphatic carbocycles. The molecule has 2 heterocycles. The van der Waals surface area contributed by atoms with E-state index in [-0.39, 0.29) is 6.04 Å². The number of hydrogen-bond acceptors (Lipinski definition) is 4. The molecule has 4 nitrogen and oxygen atoms in total. The topological polar surface area (TPSA) is 64.7 Å². The molecule has 21 heavy (non-hydrogen) atoms. The molecule has 0 aliphatic rings. The third kappa shape index (κ3) is 3.30.